The Morgan fingerprint density at radius 3 is 2.68 bits per heavy atom. The Hall–Kier alpha value is -2.53. The lowest BCUT2D eigenvalue weighted by atomic mass is 10.2. The fraction of sp³-hybridized carbons (Fsp3) is 0.350. The summed E-state index contributed by atoms with van der Waals surface area (Å²) in [4.78, 5) is 13.6. The maximum Gasteiger partial charge on any atom is 0.227 e. The third-order valence-electron chi connectivity index (χ3n) is 4.17. The predicted octanol–water partition coefficient (Wildman–Crippen LogP) is 2.94. The lowest BCUT2D eigenvalue weighted by molar-refractivity contribution is -0.117. The van der Waals surface area contributed by atoms with E-state index >= 15 is 0 Å². The monoisotopic (exact) mass is 341 g/mol. The number of carbonyl (C=O) groups is 1. The minimum Gasteiger partial charge on any atom is -0.491 e. The molecule has 1 amide bonds. The summed E-state index contributed by atoms with van der Waals surface area (Å²) in [6, 6.07) is 15.1. The Morgan fingerprint density at radius 1 is 1.12 bits per heavy atom. The largest absolute Gasteiger partial charge is 0.491 e. The number of ether oxygens (including phenoxy) is 2. The van der Waals surface area contributed by atoms with E-state index in [1.165, 1.54) is 0 Å². The van der Waals surface area contributed by atoms with Crippen molar-refractivity contribution in [2.75, 3.05) is 24.7 Å². The molecule has 0 radical (unpaired) electrons. The van der Waals surface area contributed by atoms with Gasteiger partial charge in [-0.05, 0) is 37.1 Å². The van der Waals surface area contributed by atoms with E-state index in [9.17, 15) is 9.90 Å². The molecule has 0 aromatic heterocycles. The molecule has 1 unspecified atom stereocenters. The van der Waals surface area contributed by atoms with Crippen LogP contribution in [0.2, 0.25) is 0 Å². The molecular formula is C20H23NO4. The van der Waals surface area contributed by atoms with Crippen molar-refractivity contribution in [2.45, 2.75) is 25.9 Å². The number of hydrogen-bond acceptors (Lipinski definition) is 4. The van der Waals surface area contributed by atoms with E-state index in [4.69, 9.17) is 9.47 Å². The van der Waals surface area contributed by atoms with Crippen LogP contribution in [0, 0.1) is 6.92 Å². The van der Waals surface area contributed by atoms with Gasteiger partial charge in [0.2, 0.25) is 5.91 Å². The SMILES string of the molecule is Cc1ccccc1OCC(O)COc1cccc(N2CCCC2=O)c1. The summed E-state index contributed by atoms with van der Waals surface area (Å²) in [5.74, 6) is 1.53. The van der Waals surface area contributed by atoms with Crippen molar-refractivity contribution in [3.05, 3.63) is 54.1 Å². The second-order valence-electron chi connectivity index (χ2n) is 6.19. The molecular weight excluding hydrogens is 318 g/mol. The number of aliphatic hydroxyl groups is 1. The van der Waals surface area contributed by atoms with E-state index in [0.29, 0.717) is 12.2 Å². The van der Waals surface area contributed by atoms with Gasteiger partial charge < -0.3 is 19.5 Å². The fourth-order valence-corrected chi connectivity index (χ4v) is 2.81. The van der Waals surface area contributed by atoms with Crippen LogP contribution in [-0.4, -0.2) is 36.9 Å². The minimum atomic E-state index is -0.739. The average Bonchev–Trinajstić information content (AvgIpc) is 3.05. The van der Waals surface area contributed by atoms with Crippen molar-refractivity contribution in [1.82, 2.24) is 0 Å². The second-order valence-corrected chi connectivity index (χ2v) is 6.19. The highest BCUT2D eigenvalue weighted by molar-refractivity contribution is 5.95. The zero-order valence-electron chi connectivity index (χ0n) is 14.4. The molecule has 132 valence electrons. The molecule has 3 rings (SSSR count). The van der Waals surface area contributed by atoms with Gasteiger partial charge in [0.1, 0.15) is 30.8 Å². The van der Waals surface area contributed by atoms with E-state index < -0.39 is 6.10 Å². The van der Waals surface area contributed by atoms with Gasteiger partial charge in [-0.15, -0.1) is 0 Å². The second kappa shape index (κ2) is 8.03. The van der Waals surface area contributed by atoms with Gasteiger partial charge in [0.05, 0.1) is 0 Å². The molecule has 0 bridgehead atoms. The molecule has 0 spiro atoms. The Kier molecular flexibility index (Phi) is 5.56. The van der Waals surface area contributed by atoms with Crippen molar-refractivity contribution < 1.29 is 19.4 Å². The topological polar surface area (TPSA) is 59.0 Å². The van der Waals surface area contributed by atoms with Crippen LogP contribution in [0.3, 0.4) is 0 Å². The molecule has 2 aromatic rings. The summed E-state index contributed by atoms with van der Waals surface area (Å²) in [7, 11) is 0. The number of benzene rings is 2. The molecule has 0 saturated carbocycles. The molecule has 1 atom stereocenters. The van der Waals surface area contributed by atoms with Crippen LogP contribution in [0.25, 0.3) is 0 Å². The van der Waals surface area contributed by atoms with Crippen molar-refractivity contribution in [2.24, 2.45) is 0 Å². The molecule has 1 aliphatic rings. The summed E-state index contributed by atoms with van der Waals surface area (Å²) in [5, 5.41) is 10.1. The zero-order valence-corrected chi connectivity index (χ0v) is 14.4. The Morgan fingerprint density at radius 2 is 1.92 bits per heavy atom. The van der Waals surface area contributed by atoms with Gasteiger partial charge in [-0.3, -0.25) is 4.79 Å². The van der Waals surface area contributed by atoms with Crippen molar-refractivity contribution in [3.63, 3.8) is 0 Å². The van der Waals surface area contributed by atoms with Crippen LogP contribution in [0.15, 0.2) is 48.5 Å². The number of carbonyl (C=O) groups excluding carboxylic acids is 1. The highest BCUT2D eigenvalue weighted by atomic mass is 16.5. The molecule has 25 heavy (non-hydrogen) atoms. The number of amides is 1. The number of rotatable bonds is 7. The van der Waals surface area contributed by atoms with E-state index in [1.807, 2.05) is 55.5 Å². The first kappa shape index (κ1) is 17.3. The van der Waals surface area contributed by atoms with Crippen molar-refractivity contribution in [1.29, 1.82) is 0 Å². The van der Waals surface area contributed by atoms with E-state index in [2.05, 4.69) is 0 Å². The van der Waals surface area contributed by atoms with E-state index in [0.717, 1.165) is 30.0 Å². The van der Waals surface area contributed by atoms with Gasteiger partial charge in [0.15, 0.2) is 0 Å². The molecule has 5 heteroatoms. The van der Waals surface area contributed by atoms with Gasteiger partial charge in [0.25, 0.3) is 0 Å². The zero-order chi connectivity index (χ0) is 17.6. The summed E-state index contributed by atoms with van der Waals surface area (Å²) in [5.41, 5.74) is 1.87. The molecule has 1 fully saturated rings. The molecule has 5 nitrogen and oxygen atoms in total. The lowest BCUT2D eigenvalue weighted by Gasteiger charge is -2.18. The maximum absolute atomic E-state index is 11.8. The van der Waals surface area contributed by atoms with Gasteiger partial charge >= 0.3 is 0 Å². The first-order valence-electron chi connectivity index (χ1n) is 8.53. The number of hydrogen-bond donors (Lipinski definition) is 1. The summed E-state index contributed by atoms with van der Waals surface area (Å²) < 4.78 is 11.3. The summed E-state index contributed by atoms with van der Waals surface area (Å²) >= 11 is 0. The number of para-hydroxylation sites is 1. The van der Waals surface area contributed by atoms with Gasteiger partial charge in [0, 0.05) is 24.7 Å². The van der Waals surface area contributed by atoms with Crippen LogP contribution in [0.4, 0.5) is 5.69 Å². The Labute approximate surface area is 147 Å². The van der Waals surface area contributed by atoms with Gasteiger partial charge in [-0.2, -0.15) is 0 Å². The molecule has 1 saturated heterocycles. The highest BCUT2D eigenvalue weighted by Gasteiger charge is 2.21. The number of aliphatic hydroxyl groups excluding tert-OH is 1. The summed E-state index contributed by atoms with van der Waals surface area (Å²) in [6.07, 6.45) is 0.746. The quantitative estimate of drug-likeness (QED) is 0.841. The van der Waals surface area contributed by atoms with Crippen LogP contribution in [0.1, 0.15) is 18.4 Å². The molecule has 1 heterocycles. The van der Waals surface area contributed by atoms with Crippen LogP contribution in [-0.2, 0) is 4.79 Å². The van der Waals surface area contributed by atoms with Crippen LogP contribution in [0.5, 0.6) is 11.5 Å². The fourth-order valence-electron chi connectivity index (χ4n) is 2.81. The highest BCUT2D eigenvalue weighted by Crippen LogP contribution is 2.25. The average molecular weight is 341 g/mol. The molecule has 0 aliphatic carbocycles. The van der Waals surface area contributed by atoms with E-state index in [1.54, 1.807) is 4.90 Å². The first-order valence-corrected chi connectivity index (χ1v) is 8.53. The van der Waals surface area contributed by atoms with Crippen LogP contribution >= 0.6 is 0 Å². The number of nitrogens with zero attached hydrogens (tertiary/aromatic N) is 1. The van der Waals surface area contributed by atoms with E-state index in [-0.39, 0.29) is 19.1 Å². The summed E-state index contributed by atoms with van der Waals surface area (Å²) in [6.45, 7) is 3.00. The smallest absolute Gasteiger partial charge is 0.227 e. The van der Waals surface area contributed by atoms with Crippen molar-refractivity contribution >= 4 is 11.6 Å². The number of aryl methyl sites for hydroxylation is 1. The standard InChI is InChI=1S/C20H23NO4/c1-15-6-2-3-9-19(15)25-14-17(22)13-24-18-8-4-7-16(12-18)21-11-5-10-20(21)23/h2-4,6-9,12,17,22H,5,10-11,13-14H2,1H3. The number of anilines is 1. The first-order chi connectivity index (χ1) is 12.1. The van der Waals surface area contributed by atoms with Crippen molar-refractivity contribution in [3.8, 4) is 11.5 Å². The predicted molar refractivity (Wildman–Crippen MR) is 96.2 cm³/mol. The molecule has 1 N–H and O–H groups in total. The minimum absolute atomic E-state index is 0.128. The third kappa shape index (κ3) is 4.51. The van der Waals surface area contributed by atoms with Gasteiger partial charge in [-0.1, -0.05) is 24.3 Å². The molecule has 2 aromatic carbocycles. The third-order valence-corrected chi connectivity index (χ3v) is 4.17. The molecule has 1 aliphatic heterocycles. The Balaban J connectivity index is 1.51. The maximum atomic E-state index is 11.8. The van der Waals surface area contributed by atoms with Gasteiger partial charge in [-0.25, -0.2) is 0 Å². The van der Waals surface area contributed by atoms with Crippen LogP contribution < -0.4 is 14.4 Å². The lowest BCUT2D eigenvalue weighted by Crippen LogP contribution is -2.25. The Bertz CT molecular complexity index is 731. The normalized spacial score (nSPS) is 15.3.